The van der Waals surface area contributed by atoms with Crippen molar-refractivity contribution >= 4 is 11.6 Å². The Morgan fingerprint density at radius 2 is 1.79 bits per heavy atom. The van der Waals surface area contributed by atoms with Gasteiger partial charge in [-0.2, -0.15) is 23.5 Å². The fourth-order valence-corrected chi connectivity index (χ4v) is 3.12. The van der Waals surface area contributed by atoms with Crippen molar-refractivity contribution in [2.75, 3.05) is 11.9 Å². The van der Waals surface area contributed by atoms with Gasteiger partial charge in [0, 0.05) is 24.5 Å². The number of benzene rings is 2. The zero-order chi connectivity index (χ0) is 25.1. The number of carbonyl (C=O) groups is 1. The van der Waals surface area contributed by atoms with Crippen LogP contribution >= 0.6 is 0 Å². The molecular formula is C24H21F3N4O3. The monoisotopic (exact) mass is 470 g/mol. The lowest BCUT2D eigenvalue weighted by molar-refractivity contribution is -0.153. The third-order valence-electron chi connectivity index (χ3n) is 4.96. The second kappa shape index (κ2) is 9.39. The molecule has 2 aromatic carbocycles. The van der Waals surface area contributed by atoms with E-state index in [1.807, 2.05) is 0 Å². The van der Waals surface area contributed by atoms with Crippen LogP contribution in [0.15, 0.2) is 59.5 Å². The Morgan fingerprint density at radius 3 is 2.41 bits per heavy atom. The molecule has 10 heteroatoms. The summed E-state index contributed by atoms with van der Waals surface area (Å²) < 4.78 is 44.0. The SMILES string of the molecule is Cn1cc(C(=O)Nc2ccc(C(C)(C)C#N)cc2)c(=O)c(-c2ccccc2OCC(F)(F)F)n1. The summed E-state index contributed by atoms with van der Waals surface area (Å²) >= 11 is 0. The van der Waals surface area contributed by atoms with Crippen molar-refractivity contribution in [2.24, 2.45) is 7.05 Å². The van der Waals surface area contributed by atoms with Crippen molar-refractivity contribution in [1.29, 1.82) is 5.26 Å². The summed E-state index contributed by atoms with van der Waals surface area (Å²) in [5.41, 5.74) is -0.757. The molecule has 0 aliphatic rings. The number of alkyl halides is 3. The maximum atomic E-state index is 13.1. The number of halogens is 3. The van der Waals surface area contributed by atoms with Crippen LogP contribution in [0, 0.1) is 11.3 Å². The summed E-state index contributed by atoms with van der Waals surface area (Å²) in [4.78, 5) is 25.9. The van der Waals surface area contributed by atoms with Crippen molar-refractivity contribution in [2.45, 2.75) is 25.4 Å². The zero-order valence-corrected chi connectivity index (χ0v) is 18.6. The molecule has 34 heavy (non-hydrogen) atoms. The molecule has 1 heterocycles. The molecule has 0 aliphatic heterocycles. The molecule has 176 valence electrons. The van der Waals surface area contributed by atoms with E-state index in [1.165, 1.54) is 42.2 Å². The summed E-state index contributed by atoms with van der Waals surface area (Å²) in [5, 5.41) is 15.9. The van der Waals surface area contributed by atoms with Crippen LogP contribution in [0.1, 0.15) is 29.8 Å². The van der Waals surface area contributed by atoms with Crippen LogP contribution in [0.3, 0.4) is 0 Å². The normalized spacial score (nSPS) is 11.6. The van der Waals surface area contributed by atoms with E-state index in [9.17, 15) is 28.0 Å². The van der Waals surface area contributed by atoms with E-state index in [1.54, 1.807) is 38.1 Å². The summed E-state index contributed by atoms with van der Waals surface area (Å²) in [6.45, 7) is 1.99. The van der Waals surface area contributed by atoms with Crippen molar-refractivity contribution in [3.05, 3.63) is 76.1 Å². The third kappa shape index (κ3) is 5.61. The molecule has 0 saturated heterocycles. The van der Waals surface area contributed by atoms with Crippen molar-refractivity contribution in [3.63, 3.8) is 0 Å². The Morgan fingerprint density at radius 1 is 1.15 bits per heavy atom. The number of hydrogen-bond acceptors (Lipinski definition) is 5. The smallest absolute Gasteiger partial charge is 0.422 e. The van der Waals surface area contributed by atoms with Gasteiger partial charge in [0.15, 0.2) is 6.61 Å². The second-order valence-corrected chi connectivity index (χ2v) is 8.06. The Bertz CT molecular complexity index is 1310. The topological polar surface area (TPSA) is 97.0 Å². The van der Waals surface area contributed by atoms with Gasteiger partial charge in [-0.3, -0.25) is 14.3 Å². The molecule has 1 N–H and O–H groups in total. The summed E-state index contributed by atoms with van der Waals surface area (Å²) in [6, 6.07) is 14.5. The first-order chi connectivity index (χ1) is 15.9. The molecule has 3 aromatic rings. The summed E-state index contributed by atoms with van der Waals surface area (Å²) in [7, 11) is 1.48. The molecule has 0 bridgehead atoms. The number of para-hydroxylation sites is 1. The lowest BCUT2D eigenvalue weighted by atomic mass is 9.86. The van der Waals surface area contributed by atoms with Crippen LogP contribution in [0.25, 0.3) is 11.3 Å². The van der Waals surface area contributed by atoms with E-state index >= 15 is 0 Å². The highest BCUT2D eigenvalue weighted by Crippen LogP contribution is 2.28. The number of aryl methyl sites for hydroxylation is 1. The molecule has 3 rings (SSSR count). The Kier molecular flexibility index (Phi) is 6.77. The average Bonchev–Trinajstić information content (AvgIpc) is 2.79. The molecule has 0 spiro atoms. The highest BCUT2D eigenvalue weighted by molar-refractivity contribution is 6.04. The van der Waals surface area contributed by atoms with Crippen LogP contribution < -0.4 is 15.5 Å². The average molecular weight is 470 g/mol. The number of nitriles is 1. The lowest BCUT2D eigenvalue weighted by Gasteiger charge is -2.16. The maximum absolute atomic E-state index is 13.1. The number of ether oxygens (including phenoxy) is 1. The highest BCUT2D eigenvalue weighted by Gasteiger charge is 2.29. The van der Waals surface area contributed by atoms with Gasteiger partial charge in [-0.25, -0.2) is 0 Å². The molecular weight excluding hydrogens is 449 g/mol. The minimum Gasteiger partial charge on any atom is -0.483 e. The van der Waals surface area contributed by atoms with E-state index in [0.29, 0.717) is 5.69 Å². The van der Waals surface area contributed by atoms with Crippen LogP contribution in [0.4, 0.5) is 18.9 Å². The zero-order valence-electron chi connectivity index (χ0n) is 18.6. The molecule has 0 aliphatic carbocycles. The Hall–Kier alpha value is -4.13. The molecule has 7 nitrogen and oxygen atoms in total. The quantitative estimate of drug-likeness (QED) is 0.575. The fraction of sp³-hybridized carbons (Fsp3) is 0.250. The van der Waals surface area contributed by atoms with Crippen molar-refractivity contribution in [3.8, 4) is 23.1 Å². The summed E-state index contributed by atoms with van der Waals surface area (Å²) in [6.07, 6.45) is -3.33. The molecule has 0 unspecified atom stereocenters. The van der Waals surface area contributed by atoms with Crippen LogP contribution in [0.5, 0.6) is 5.75 Å². The Labute approximate surface area is 193 Å². The van der Waals surface area contributed by atoms with Gasteiger partial charge in [0.2, 0.25) is 5.43 Å². The van der Waals surface area contributed by atoms with Crippen LogP contribution in [0.2, 0.25) is 0 Å². The first-order valence-corrected chi connectivity index (χ1v) is 10.1. The van der Waals surface area contributed by atoms with Crippen molar-refractivity contribution < 1.29 is 22.7 Å². The molecule has 0 saturated carbocycles. The first-order valence-electron chi connectivity index (χ1n) is 10.1. The van der Waals surface area contributed by atoms with E-state index in [0.717, 1.165) is 5.56 Å². The predicted molar refractivity (Wildman–Crippen MR) is 119 cm³/mol. The van der Waals surface area contributed by atoms with Gasteiger partial charge < -0.3 is 10.1 Å². The van der Waals surface area contributed by atoms with E-state index in [2.05, 4.69) is 16.5 Å². The van der Waals surface area contributed by atoms with Gasteiger partial charge in [0.25, 0.3) is 5.91 Å². The molecule has 1 amide bonds. The number of nitrogens with zero attached hydrogens (tertiary/aromatic N) is 3. The minimum absolute atomic E-state index is 0.0325. The number of amides is 1. The number of anilines is 1. The molecule has 0 atom stereocenters. The predicted octanol–water partition coefficient (Wildman–Crippen LogP) is 4.44. The lowest BCUT2D eigenvalue weighted by Crippen LogP contribution is -2.26. The highest BCUT2D eigenvalue weighted by atomic mass is 19.4. The fourth-order valence-electron chi connectivity index (χ4n) is 3.12. The molecule has 1 aromatic heterocycles. The standard InChI is InChI=1S/C24H21F3N4O3/c1-23(2,13-28)15-8-10-16(11-9-15)29-22(33)18-12-31(3)30-20(21(18)32)17-6-4-5-7-19(17)34-14-24(25,26)27/h4-12H,14H2,1-3H3,(H,29,33). The number of nitrogens with one attached hydrogen (secondary N) is 1. The minimum atomic E-state index is -4.56. The first kappa shape index (κ1) is 24.5. The maximum Gasteiger partial charge on any atom is 0.422 e. The third-order valence-corrected chi connectivity index (χ3v) is 4.96. The van der Waals surface area contributed by atoms with E-state index in [-0.39, 0.29) is 22.6 Å². The Balaban J connectivity index is 1.93. The van der Waals surface area contributed by atoms with Gasteiger partial charge in [-0.05, 0) is 43.7 Å². The van der Waals surface area contributed by atoms with E-state index < -0.39 is 29.5 Å². The number of carbonyl (C=O) groups excluding carboxylic acids is 1. The number of hydrogen-bond donors (Lipinski definition) is 1. The van der Waals surface area contributed by atoms with E-state index in [4.69, 9.17) is 4.74 Å². The van der Waals surface area contributed by atoms with Gasteiger partial charge in [0.1, 0.15) is 17.0 Å². The number of aromatic nitrogens is 2. The second-order valence-electron chi connectivity index (χ2n) is 8.06. The van der Waals surface area contributed by atoms with Gasteiger partial charge >= 0.3 is 6.18 Å². The number of rotatable bonds is 6. The van der Waals surface area contributed by atoms with Gasteiger partial charge in [-0.15, -0.1) is 0 Å². The van der Waals surface area contributed by atoms with Gasteiger partial charge in [0.05, 0.1) is 11.5 Å². The summed E-state index contributed by atoms with van der Waals surface area (Å²) in [5.74, 6) is -0.900. The van der Waals surface area contributed by atoms with Gasteiger partial charge in [-0.1, -0.05) is 24.3 Å². The molecule has 0 fully saturated rings. The van der Waals surface area contributed by atoms with Crippen LogP contribution in [-0.4, -0.2) is 28.5 Å². The van der Waals surface area contributed by atoms with Crippen LogP contribution in [-0.2, 0) is 12.5 Å². The molecule has 0 radical (unpaired) electrons. The largest absolute Gasteiger partial charge is 0.483 e. The van der Waals surface area contributed by atoms with Crippen molar-refractivity contribution in [1.82, 2.24) is 9.78 Å².